The molecule has 2 aliphatic rings. The summed E-state index contributed by atoms with van der Waals surface area (Å²) < 4.78 is 48.0. The summed E-state index contributed by atoms with van der Waals surface area (Å²) in [5.74, 6) is -0.853. The van der Waals surface area contributed by atoms with Gasteiger partial charge in [-0.1, -0.05) is 23.7 Å². The number of rotatable bonds is 6. The molecular weight excluding hydrogens is 609 g/mol. The van der Waals surface area contributed by atoms with Crippen LogP contribution in [0.5, 0.6) is 0 Å². The number of amides is 2. The van der Waals surface area contributed by atoms with Crippen LogP contribution in [0.2, 0.25) is 5.02 Å². The van der Waals surface area contributed by atoms with Crippen LogP contribution in [0.4, 0.5) is 23.7 Å². The van der Waals surface area contributed by atoms with Crippen molar-refractivity contribution in [3.63, 3.8) is 0 Å². The van der Waals surface area contributed by atoms with Crippen molar-refractivity contribution in [3.8, 4) is 10.6 Å². The zero-order valence-corrected chi connectivity index (χ0v) is 24.1. The van der Waals surface area contributed by atoms with Gasteiger partial charge in [0.2, 0.25) is 0 Å². The fraction of sp³-hybridized carbons (Fsp3) is 0.321. The van der Waals surface area contributed by atoms with Crippen LogP contribution in [-0.2, 0) is 17.5 Å². The first-order chi connectivity index (χ1) is 20.4. The van der Waals surface area contributed by atoms with Gasteiger partial charge >= 0.3 is 12.3 Å². The highest BCUT2D eigenvalue weighted by Gasteiger charge is 2.40. The number of nitrogens with two attached hydrogens (primary N) is 1. The van der Waals surface area contributed by atoms with Crippen LogP contribution in [0.25, 0.3) is 21.5 Å². The minimum Gasteiger partial charge on any atom is -0.447 e. The molecule has 2 atom stereocenters. The zero-order valence-electron chi connectivity index (χ0n) is 22.6. The Labute approximate surface area is 251 Å². The van der Waals surface area contributed by atoms with Gasteiger partial charge < -0.3 is 20.7 Å². The first kappa shape index (κ1) is 28.9. The molecule has 2 aromatic heterocycles. The number of fused-ring (bicyclic) bond motifs is 2. The van der Waals surface area contributed by atoms with Gasteiger partial charge in [0.05, 0.1) is 23.5 Å². The number of primary amides is 1. The van der Waals surface area contributed by atoms with E-state index in [-0.39, 0.29) is 58.4 Å². The Hall–Kier alpha value is -4.17. The summed E-state index contributed by atoms with van der Waals surface area (Å²) in [5, 5.41) is 4.06. The average molecular weight is 633 g/mol. The molecule has 0 unspecified atom stereocenters. The van der Waals surface area contributed by atoms with Crippen molar-refractivity contribution in [2.24, 2.45) is 5.73 Å². The molecule has 0 radical (unpaired) electrons. The molecule has 6 rings (SSSR count). The summed E-state index contributed by atoms with van der Waals surface area (Å²) >= 11 is 6.52. The van der Waals surface area contributed by atoms with Crippen molar-refractivity contribution in [1.29, 1.82) is 0 Å². The van der Waals surface area contributed by atoms with E-state index in [1.165, 1.54) is 10.6 Å². The zero-order chi connectivity index (χ0) is 30.6. The van der Waals surface area contributed by atoms with Gasteiger partial charge in [0.1, 0.15) is 22.3 Å². The van der Waals surface area contributed by atoms with Crippen molar-refractivity contribution in [2.45, 2.75) is 44.6 Å². The lowest BCUT2D eigenvalue weighted by Gasteiger charge is -2.33. The number of aromatic nitrogens is 3. The number of carbonyl (C=O) groups is 2. The number of aryl methyl sites for hydroxylation is 1. The lowest BCUT2D eigenvalue weighted by Crippen LogP contribution is -2.45. The molecule has 15 heteroatoms. The van der Waals surface area contributed by atoms with E-state index in [9.17, 15) is 27.6 Å². The Bertz CT molecular complexity index is 1820. The van der Waals surface area contributed by atoms with E-state index < -0.39 is 22.7 Å². The van der Waals surface area contributed by atoms with Crippen molar-refractivity contribution in [3.05, 3.63) is 73.7 Å². The largest absolute Gasteiger partial charge is 0.447 e. The van der Waals surface area contributed by atoms with Gasteiger partial charge in [0.15, 0.2) is 5.69 Å². The normalized spacial score (nSPS) is 18.5. The predicted octanol–water partition coefficient (Wildman–Crippen LogP) is 5.04. The molecule has 0 aliphatic carbocycles. The Morgan fingerprint density at radius 1 is 1.21 bits per heavy atom. The van der Waals surface area contributed by atoms with E-state index in [0.717, 1.165) is 5.56 Å². The Morgan fingerprint density at radius 3 is 2.63 bits per heavy atom. The lowest BCUT2D eigenvalue weighted by atomic mass is 9.97. The molecule has 224 valence electrons. The SMILES string of the molecule is Cc1nc2cc(-c3nc(C(F)(F)F)c(C(N)=O)s3)c(N[C@H]3CCN4C(=O)OC[C@@H]4C3)cc2c(=O)n1Cc1ccc(Cl)cc1. The number of benzene rings is 2. The molecule has 10 nitrogen and oxygen atoms in total. The second kappa shape index (κ2) is 10.8. The lowest BCUT2D eigenvalue weighted by molar-refractivity contribution is -0.141. The third-order valence-electron chi connectivity index (χ3n) is 7.60. The second-order valence-electron chi connectivity index (χ2n) is 10.4. The average Bonchev–Trinajstić information content (AvgIpc) is 3.57. The minimum absolute atomic E-state index is 0.105. The van der Waals surface area contributed by atoms with E-state index in [4.69, 9.17) is 22.1 Å². The number of cyclic esters (lactones) is 1. The summed E-state index contributed by atoms with van der Waals surface area (Å²) in [4.78, 5) is 47.0. The van der Waals surface area contributed by atoms with Crippen LogP contribution in [-0.4, -0.2) is 56.7 Å². The third-order valence-corrected chi connectivity index (χ3v) is 8.95. The van der Waals surface area contributed by atoms with Crippen molar-refractivity contribution in [1.82, 2.24) is 19.4 Å². The smallest absolute Gasteiger partial charge is 0.435 e. The van der Waals surface area contributed by atoms with Gasteiger partial charge in [-0.15, -0.1) is 11.3 Å². The second-order valence-corrected chi connectivity index (χ2v) is 11.9. The number of carbonyl (C=O) groups excluding carboxylic acids is 2. The molecule has 4 heterocycles. The van der Waals surface area contributed by atoms with Crippen LogP contribution in [0.15, 0.2) is 41.2 Å². The molecule has 0 spiro atoms. The number of hydrogen-bond donors (Lipinski definition) is 2. The molecule has 3 N–H and O–H groups in total. The van der Waals surface area contributed by atoms with E-state index in [2.05, 4.69) is 15.3 Å². The fourth-order valence-corrected chi connectivity index (χ4v) is 6.57. The van der Waals surface area contributed by atoms with Gasteiger partial charge in [-0.3, -0.25) is 14.2 Å². The van der Waals surface area contributed by atoms with Crippen LogP contribution in [0.3, 0.4) is 0 Å². The van der Waals surface area contributed by atoms with Gasteiger partial charge in [-0.25, -0.2) is 14.8 Å². The predicted molar refractivity (Wildman–Crippen MR) is 154 cm³/mol. The Kier molecular flexibility index (Phi) is 7.29. The fourth-order valence-electron chi connectivity index (χ4n) is 5.48. The summed E-state index contributed by atoms with van der Waals surface area (Å²) in [6.07, 6.45) is -4.22. The van der Waals surface area contributed by atoms with Crippen molar-refractivity contribution in [2.75, 3.05) is 18.5 Å². The van der Waals surface area contributed by atoms with Gasteiger partial charge in [0, 0.05) is 28.9 Å². The van der Waals surface area contributed by atoms with Crippen molar-refractivity contribution < 1.29 is 27.5 Å². The molecule has 0 bridgehead atoms. The maximum atomic E-state index is 13.8. The van der Waals surface area contributed by atoms with Crippen LogP contribution >= 0.6 is 22.9 Å². The molecule has 2 amide bonds. The topological polar surface area (TPSA) is 132 Å². The van der Waals surface area contributed by atoms with Crippen LogP contribution < -0.4 is 16.6 Å². The van der Waals surface area contributed by atoms with Gasteiger partial charge in [-0.2, -0.15) is 13.2 Å². The van der Waals surface area contributed by atoms with E-state index in [1.807, 2.05) is 0 Å². The van der Waals surface area contributed by atoms with Crippen LogP contribution in [0, 0.1) is 6.92 Å². The monoisotopic (exact) mass is 632 g/mol. The first-order valence-corrected chi connectivity index (χ1v) is 14.5. The molecule has 2 aromatic carbocycles. The highest BCUT2D eigenvalue weighted by Crippen LogP contribution is 2.41. The minimum atomic E-state index is -4.91. The summed E-state index contributed by atoms with van der Waals surface area (Å²) in [7, 11) is 0. The van der Waals surface area contributed by atoms with Crippen LogP contribution in [0.1, 0.15) is 39.6 Å². The molecule has 43 heavy (non-hydrogen) atoms. The molecule has 0 saturated carbocycles. The number of halogens is 4. The van der Waals surface area contributed by atoms with E-state index in [0.29, 0.717) is 47.3 Å². The highest BCUT2D eigenvalue weighted by molar-refractivity contribution is 7.17. The highest BCUT2D eigenvalue weighted by atomic mass is 35.5. The third kappa shape index (κ3) is 5.52. The molecular formula is C28H24ClF3N6O4S. The van der Waals surface area contributed by atoms with E-state index in [1.54, 1.807) is 42.2 Å². The van der Waals surface area contributed by atoms with E-state index >= 15 is 0 Å². The Balaban J connectivity index is 1.47. The number of thiazole rings is 1. The number of alkyl halides is 3. The Morgan fingerprint density at radius 2 is 1.95 bits per heavy atom. The molecule has 2 fully saturated rings. The number of nitrogens with zero attached hydrogens (tertiary/aromatic N) is 4. The quantitative estimate of drug-likeness (QED) is 0.304. The maximum absolute atomic E-state index is 13.8. The number of hydrogen-bond acceptors (Lipinski definition) is 8. The molecule has 4 aromatic rings. The summed E-state index contributed by atoms with van der Waals surface area (Å²) in [6, 6.07) is 9.75. The van der Waals surface area contributed by atoms with Crippen molar-refractivity contribution >= 4 is 51.5 Å². The van der Waals surface area contributed by atoms with Gasteiger partial charge in [-0.05, 0) is 49.6 Å². The summed E-state index contributed by atoms with van der Waals surface area (Å²) in [5.41, 5.74) is 5.22. The maximum Gasteiger partial charge on any atom is 0.435 e. The molecule has 2 saturated heterocycles. The molecule has 2 aliphatic heterocycles. The number of anilines is 1. The summed E-state index contributed by atoms with van der Waals surface area (Å²) in [6.45, 7) is 2.56. The first-order valence-electron chi connectivity index (χ1n) is 13.3. The standard InChI is InChI=1S/C28H24ClF3N6O4S/c1-13-34-21-9-18(25-36-23(28(30,31)32)22(43-25)24(33)39)20(35-16-6-7-37-17(8-16)12-42-27(37)41)10-19(21)26(40)38(13)11-14-2-4-15(29)5-3-14/h2-5,9-10,16-17,35H,6-8,11-12H2,1H3,(H2,33,39)/t16-,17-/m0/s1. The number of ether oxygens (including phenoxy) is 1. The number of piperidine rings is 1. The number of nitrogens with one attached hydrogen (secondary N) is 1. The van der Waals surface area contributed by atoms with Gasteiger partial charge in [0.25, 0.3) is 11.5 Å².